The number of hydrogen-bond acceptors (Lipinski definition) is 3. The molecule has 0 spiro atoms. The number of ether oxygens (including phenoxy) is 1. The summed E-state index contributed by atoms with van der Waals surface area (Å²) in [6.45, 7) is 4.73. The van der Waals surface area contributed by atoms with E-state index in [0.29, 0.717) is 0 Å². The fraction of sp³-hybridized carbons (Fsp3) is 0.800. The van der Waals surface area contributed by atoms with Gasteiger partial charge in [0.2, 0.25) is 5.91 Å². The van der Waals surface area contributed by atoms with Crippen LogP contribution in [0.5, 0.6) is 0 Å². The molecule has 1 heterocycles. The van der Waals surface area contributed by atoms with Gasteiger partial charge in [-0.25, -0.2) is 18.5 Å². The minimum atomic E-state index is -2.92. The summed E-state index contributed by atoms with van der Waals surface area (Å²) < 4.78 is 30.7. The van der Waals surface area contributed by atoms with Crippen molar-refractivity contribution in [3.63, 3.8) is 0 Å². The number of amides is 2. The molecular weight excluding hydrogens is 220 g/mol. The zero-order valence-electron chi connectivity index (χ0n) is 9.29. The van der Waals surface area contributed by atoms with Gasteiger partial charge in [-0.05, 0) is 20.8 Å². The molecule has 16 heavy (non-hydrogen) atoms. The van der Waals surface area contributed by atoms with E-state index in [2.05, 4.69) is 0 Å². The number of fused-ring (bicyclic) bond motifs is 1. The van der Waals surface area contributed by atoms with E-state index in [4.69, 9.17) is 4.74 Å². The molecule has 0 radical (unpaired) electrons. The van der Waals surface area contributed by atoms with E-state index in [1.807, 2.05) is 0 Å². The highest BCUT2D eigenvalue weighted by atomic mass is 19.3. The zero-order chi connectivity index (χ0) is 12.3. The summed E-state index contributed by atoms with van der Waals surface area (Å²) in [6, 6.07) is 0. The monoisotopic (exact) mass is 233 g/mol. The van der Waals surface area contributed by atoms with E-state index in [1.54, 1.807) is 20.8 Å². The van der Waals surface area contributed by atoms with Gasteiger partial charge in [0.15, 0.2) is 0 Å². The average Bonchev–Trinajstić information content (AvgIpc) is 2.45. The minimum absolute atomic E-state index is 0.231. The van der Waals surface area contributed by atoms with Gasteiger partial charge in [-0.1, -0.05) is 0 Å². The Balaban J connectivity index is 2.01. The van der Waals surface area contributed by atoms with Crippen LogP contribution in [0.3, 0.4) is 0 Å². The topological polar surface area (TPSA) is 46.6 Å². The van der Waals surface area contributed by atoms with E-state index in [1.165, 1.54) is 0 Å². The van der Waals surface area contributed by atoms with Crippen LogP contribution in [0.1, 0.15) is 20.8 Å². The Labute approximate surface area is 91.5 Å². The van der Waals surface area contributed by atoms with Crippen molar-refractivity contribution in [3.8, 4) is 0 Å². The van der Waals surface area contributed by atoms with Crippen molar-refractivity contribution in [2.75, 3.05) is 6.54 Å². The molecule has 90 valence electrons. The van der Waals surface area contributed by atoms with Crippen LogP contribution in [-0.2, 0) is 9.53 Å². The molecule has 2 unspecified atom stereocenters. The standard InChI is InChI=1S/C10H13F2NO3/c1-9(2,3)16-8(15)13-4-5-6(7(13)14)10(5,11)12/h5-6H,4H2,1-3H3. The quantitative estimate of drug-likeness (QED) is 0.639. The number of alkyl halides is 2. The van der Waals surface area contributed by atoms with Crippen molar-refractivity contribution in [2.24, 2.45) is 11.8 Å². The van der Waals surface area contributed by atoms with E-state index in [-0.39, 0.29) is 6.54 Å². The number of rotatable bonds is 0. The molecule has 2 rings (SSSR count). The zero-order valence-corrected chi connectivity index (χ0v) is 9.29. The summed E-state index contributed by atoms with van der Waals surface area (Å²) in [6.07, 6.45) is -0.833. The molecule has 0 aromatic heterocycles. The summed E-state index contributed by atoms with van der Waals surface area (Å²) >= 11 is 0. The molecule has 0 aromatic carbocycles. The van der Waals surface area contributed by atoms with Crippen molar-refractivity contribution >= 4 is 12.0 Å². The maximum Gasteiger partial charge on any atom is 0.417 e. The van der Waals surface area contributed by atoms with E-state index < -0.39 is 35.4 Å². The molecular formula is C10H13F2NO3. The van der Waals surface area contributed by atoms with Gasteiger partial charge in [0.05, 0.1) is 5.92 Å². The Bertz CT molecular complexity index is 362. The summed E-state index contributed by atoms with van der Waals surface area (Å²) in [7, 11) is 0. The highest BCUT2D eigenvalue weighted by Gasteiger charge is 2.77. The fourth-order valence-corrected chi connectivity index (χ4v) is 1.89. The fourth-order valence-electron chi connectivity index (χ4n) is 1.89. The molecule has 1 aliphatic heterocycles. The maximum absolute atomic E-state index is 12.9. The van der Waals surface area contributed by atoms with Gasteiger partial charge in [0.25, 0.3) is 5.92 Å². The lowest BCUT2D eigenvalue weighted by atomic mass is 10.2. The third-order valence-electron chi connectivity index (χ3n) is 2.73. The SMILES string of the molecule is CC(C)(C)OC(=O)N1CC2C(C1=O)C2(F)F. The van der Waals surface area contributed by atoms with Gasteiger partial charge >= 0.3 is 6.09 Å². The molecule has 1 saturated heterocycles. The van der Waals surface area contributed by atoms with E-state index in [9.17, 15) is 18.4 Å². The molecule has 2 aliphatic rings. The van der Waals surface area contributed by atoms with Crippen LogP contribution in [-0.4, -0.2) is 35.0 Å². The van der Waals surface area contributed by atoms with Crippen molar-refractivity contribution in [2.45, 2.75) is 32.3 Å². The third kappa shape index (κ3) is 1.56. The largest absolute Gasteiger partial charge is 0.443 e. The van der Waals surface area contributed by atoms with Gasteiger partial charge < -0.3 is 4.74 Å². The molecule has 2 atom stereocenters. The van der Waals surface area contributed by atoms with Crippen LogP contribution in [0.2, 0.25) is 0 Å². The number of carbonyl (C=O) groups is 2. The second kappa shape index (κ2) is 2.93. The molecule has 1 saturated carbocycles. The first-order chi connectivity index (χ1) is 7.14. The normalized spacial score (nSPS) is 31.3. The van der Waals surface area contributed by atoms with E-state index in [0.717, 1.165) is 4.90 Å². The molecule has 1 aliphatic carbocycles. The summed E-state index contributed by atoms with van der Waals surface area (Å²) in [5.41, 5.74) is -0.730. The molecule has 0 bridgehead atoms. The van der Waals surface area contributed by atoms with Crippen molar-refractivity contribution in [1.29, 1.82) is 0 Å². The molecule has 0 N–H and O–H groups in total. The number of nitrogens with zero attached hydrogens (tertiary/aromatic N) is 1. The van der Waals surface area contributed by atoms with Crippen LogP contribution < -0.4 is 0 Å². The van der Waals surface area contributed by atoms with Gasteiger partial charge in [-0.3, -0.25) is 4.79 Å². The minimum Gasteiger partial charge on any atom is -0.443 e. The number of halogens is 2. The van der Waals surface area contributed by atoms with E-state index >= 15 is 0 Å². The first-order valence-corrected chi connectivity index (χ1v) is 5.07. The van der Waals surface area contributed by atoms with Crippen LogP contribution in [0, 0.1) is 11.8 Å². The Morgan fingerprint density at radius 3 is 2.44 bits per heavy atom. The molecule has 2 amide bonds. The van der Waals surface area contributed by atoms with Crippen LogP contribution >= 0.6 is 0 Å². The lowest BCUT2D eigenvalue weighted by Gasteiger charge is -2.24. The van der Waals surface area contributed by atoms with Gasteiger partial charge in [0, 0.05) is 6.54 Å². The Kier molecular flexibility index (Phi) is 2.06. The van der Waals surface area contributed by atoms with Crippen molar-refractivity contribution in [3.05, 3.63) is 0 Å². The molecule has 2 fully saturated rings. The highest BCUT2D eigenvalue weighted by Crippen LogP contribution is 2.59. The van der Waals surface area contributed by atoms with Crippen molar-refractivity contribution < 1.29 is 23.1 Å². The van der Waals surface area contributed by atoms with Crippen LogP contribution in [0.4, 0.5) is 13.6 Å². The summed E-state index contributed by atoms with van der Waals surface area (Å²) in [4.78, 5) is 23.7. The summed E-state index contributed by atoms with van der Waals surface area (Å²) in [5, 5.41) is 0. The lowest BCUT2D eigenvalue weighted by Crippen LogP contribution is -2.41. The molecule has 0 aromatic rings. The van der Waals surface area contributed by atoms with Crippen LogP contribution in [0.25, 0.3) is 0 Å². The number of piperidine rings is 1. The van der Waals surface area contributed by atoms with Crippen molar-refractivity contribution in [1.82, 2.24) is 4.90 Å². The number of imide groups is 1. The second-order valence-corrected chi connectivity index (χ2v) is 5.19. The highest BCUT2D eigenvalue weighted by molar-refractivity contribution is 5.98. The smallest absolute Gasteiger partial charge is 0.417 e. The predicted octanol–water partition coefficient (Wildman–Crippen LogP) is 1.65. The number of likely N-dealkylation sites (tertiary alicyclic amines) is 1. The Morgan fingerprint density at radius 2 is 2.06 bits per heavy atom. The summed E-state index contributed by atoms with van der Waals surface area (Å²) in [5.74, 6) is -6.05. The first-order valence-electron chi connectivity index (χ1n) is 5.07. The van der Waals surface area contributed by atoms with Gasteiger partial charge in [0.1, 0.15) is 11.5 Å². The Hall–Kier alpha value is -1.20. The van der Waals surface area contributed by atoms with Gasteiger partial charge in [-0.2, -0.15) is 0 Å². The number of carbonyl (C=O) groups excluding carboxylic acids is 2. The number of hydrogen-bond donors (Lipinski definition) is 0. The van der Waals surface area contributed by atoms with Gasteiger partial charge in [-0.15, -0.1) is 0 Å². The molecule has 6 heteroatoms. The lowest BCUT2D eigenvalue weighted by molar-refractivity contribution is -0.132. The first kappa shape index (κ1) is 11.3. The predicted molar refractivity (Wildman–Crippen MR) is 49.9 cm³/mol. The average molecular weight is 233 g/mol. The second-order valence-electron chi connectivity index (χ2n) is 5.19. The Morgan fingerprint density at radius 1 is 1.50 bits per heavy atom. The van der Waals surface area contributed by atoms with Crippen LogP contribution in [0.15, 0.2) is 0 Å². The molecule has 4 nitrogen and oxygen atoms in total. The third-order valence-corrected chi connectivity index (χ3v) is 2.73. The maximum atomic E-state index is 12.9.